The standard InChI is InChI=1S/C15H19N3O3S/c16-7-10-18-15(19)14-4-2-1-3-12(14)11-22(20,21)13-5-8-17-9-6-13/h5-6,8-9,12,14H,1-4,10-11H2,(H,18,19)/t12-,14+/m0/s1. The average molecular weight is 321 g/mol. The fourth-order valence-corrected chi connectivity index (χ4v) is 4.63. The van der Waals surface area contributed by atoms with Gasteiger partial charge in [0.15, 0.2) is 9.84 Å². The summed E-state index contributed by atoms with van der Waals surface area (Å²) in [6.45, 7) is -0.0425. The molecule has 1 aromatic heterocycles. The minimum absolute atomic E-state index is 0.0400. The van der Waals surface area contributed by atoms with Crippen LogP contribution in [0.15, 0.2) is 29.4 Å². The molecular formula is C15H19N3O3S. The van der Waals surface area contributed by atoms with Gasteiger partial charge in [0.2, 0.25) is 5.91 Å². The van der Waals surface area contributed by atoms with Crippen molar-refractivity contribution >= 4 is 15.7 Å². The van der Waals surface area contributed by atoms with Gasteiger partial charge in [-0.2, -0.15) is 5.26 Å². The molecule has 0 spiro atoms. The van der Waals surface area contributed by atoms with Gasteiger partial charge in [-0.3, -0.25) is 9.78 Å². The Morgan fingerprint density at radius 3 is 2.68 bits per heavy atom. The Kier molecular flexibility index (Phi) is 5.50. The summed E-state index contributed by atoms with van der Waals surface area (Å²) in [6, 6.07) is 4.82. The van der Waals surface area contributed by atoms with E-state index >= 15 is 0 Å². The Morgan fingerprint density at radius 1 is 1.32 bits per heavy atom. The summed E-state index contributed by atoms with van der Waals surface area (Å²) < 4.78 is 24.9. The molecule has 0 saturated heterocycles. The number of amides is 1. The van der Waals surface area contributed by atoms with Gasteiger partial charge in [-0.25, -0.2) is 8.42 Å². The Morgan fingerprint density at radius 2 is 2.00 bits per heavy atom. The number of hydrogen-bond donors (Lipinski definition) is 1. The van der Waals surface area contributed by atoms with Crippen LogP contribution in [0.3, 0.4) is 0 Å². The second-order valence-electron chi connectivity index (χ2n) is 5.49. The zero-order valence-corrected chi connectivity index (χ0v) is 13.1. The molecule has 6 nitrogen and oxygen atoms in total. The molecule has 1 N–H and O–H groups in total. The van der Waals surface area contributed by atoms with E-state index in [2.05, 4.69) is 10.3 Å². The first kappa shape index (κ1) is 16.4. The third kappa shape index (κ3) is 4.04. The maximum absolute atomic E-state index is 12.5. The molecule has 1 heterocycles. The van der Waals surface area contributed by atoms with Crippen LogP contribution in [0.5, 0.6) is 0 Å². The maximum atomic E-state index is 12.5. The average Bonchev–Trinajstić information content (AvgIpc) is 2.53. The van der Waals surface area contributed by atoms with Crippen LogP contribution in [-0.2, 0) is 14.6 Å². The third-order valence-corrected chi connectivity index (χ3v) is 5.89. The predicted molar refractivity (Wildman–Crippen MR) is 80.4 cm³/mol. The van der Waals surface area contributed by atoms with Crippen LogP contribution in [0.1, 0.15) is 25.7 Å². The highest BCUT2D eigenvalue weighted by Crippen LogP contribution is 2.32. The molecule has 7 heteroatoms. The van der Waals surface area contributed by atoms with E-state index in [-0.39, 0.29) is 34.9 Å². The molecule has 118 valence electrons. The van der Waals surface area contributed by atoms with E-state index in [9.17, 15) is 13.2 Å². The molecule has 2 atom stereocenters. The molecule has 0 radical (unpaired) electrons. The van der Waals surface area contributed by atoms with Gasteiger partial charge >= 0.3 is 0 Å². The topological polar surface area (TPSA) is 99.9 Å². The van der Waals surface area contributed by atoms with Gasteiger partial charge in [0.1, 0.15) is 6.54 Å². The van der Waals surface area contributed by atoms with E-state index in [1.165, 1.54) is 24.5 Å². The highest BCUT2D eigenvalue weighted by Gasteiger charge is 2.34. The summed E-state index contributed by atoms with van der Waals surface area (Å²) in [5, 5.41) is 11.1. The number of pyridine rings is 1. The molecule has 1 aromatic rings. The largest absolute Gasteiger partial charge is 0.343 e. The highest BCUT2D eigenvalue weighted by molar-refractivity contribution is 7.91. The number of carbonyl (C=O) groups is 1. The maximum Gasteiger partial charge on any atom is 0.224 e. The molecule has 1 saturated carbocycles. The van der Waals surface area contributed by atoms with Crippen molar-refractivity contribution in [2.24, 2.45) is 11.8 Å². The van der Waals surface area contributed by atoms with Crippen molar-refractivity contribution in [1.29, 1.82) is 5.26 Å². The molecule has 1 aliphatic rings. The lowest BCUT2D eigenvalue weighted by atomic mass is 9.80. The zero-order chi connectivity index (χ0) is 16.0. The van der Waals surface area contributed by atoms with Crippen molar-refractivity contribution < 1.29 is 13.2 Å². The van der Waals surface area contributed by atoms with E-state index in [0.29, 0.717) is 6.42 Å². The Hall–Kier alpha value is -1.94. The van der Waals surface area contributed by atoms with Gasteiger partial charge in [0.05, 0.1) is 16.7 Å². The van der Waals surface area contributed by atoms with Crippen molar-refractivity contribution in [1.82, 2.24) is 10.3 Å². The molecule has 1 amide bonds. The lowest BCUT2D eigenvalue weighted by Crippen LogP contribution is -2.39. The van der Waals surface area contributed by atoms with Crippen LogP contribution in [0.4, 0.5) is 0 Å². The number of nitrogens with one attached hydrogen (secondary N) is 1. The van der Waals surface area contributed by atoms with Gasteiger partial charge in [-0.05, 0) is 30.9 Å². The highest BCUT2D eigenvalue weighted by atomic mass is 32.2. The van der Waals surface area contributed by atoms with Gasteiger partial charge in [-0.1, -0.05) is 12.8 Å². The van der Waals surface area contributed by atoms with Crippen molar-refractivity contribution in [3.8, 4) is 6.07 Å². The fraction of sp³-hybridized carbons (Fsp3) is 0.533. The van der Waals surface area contributed by atoms with Gasteiger partial charge < -0.3 is 5.32 Å². The number of aromatic nitrogens is 1. The summed E-state index contributed by atoms with van der Waals surface area (Å²) in [4.78, 5) is 16.2. The normalized spacial score (nSPS) is 21.8. The van der Waals surface area contributed by atoms with Crippen molar-refractivity contribution in [3.05, 3.63) is 24.5 Å². The van der Waals surface area contributed by atoms with Crippen molar-refractivity contribution in [3.63, 3.8) is 0 Å². The Labute approximate surface area is 130 Å². The van der Waals surface area contributed by atoms with Gasteiger partial charge in [-0.15, -0.1) is 0 Å². The third-order valence-electron chi connectivity index (χ3n) is 4.03. The van der Waals surface area contributed by atoms with Gasteiger partial charge in [0, 0.05) is 18.3 Å². The minimum Gasteiger partial charge on any atom is -0.343 e. The molecule has 0 unspecified atom stereocenters. The van der Waals surface area contributed by atoms with E-state index in [1.807, 2.05) is 6.07 Å². The number of carbonyl (C=O) groups excluding carboxylic acids is 1. The zero-order valence-electron chi connectivity index (χ0n) is 12.2. The van der Waals surface area contributed by atoms with Crippen LogP contribution >= 0.6 is 0 Å². The first-order valence-electron chi connectivity index (χ1n) is 7.32. The summed E-state index contributed by atoms with van der Waals surface area (Å²) in [5.74, 6) is -0.790. The van der Waals surface area contributed by atoms with Crippen LogP contribution in [0.25, 0.3) is 0 Å². The van der Waals surface area contributed by atoms with Crippen LogP contribution in [0, 0.1) is 23.2 Å². The molecule has 2 rings (SSSR count). The molecular weight excluding hydrogens is 302 g/mol. The summed E-state index contributed by atoms with van der Waals surface area (Å²) in [6.07, 6.45) is 6.13. The van der Waals surface area contributed by atoms with Crippen molar-refractivity contribution in [2.75, 3.05) is 12.3 Å². The van der Waals surface area contributed by atoms with E-state index in [0.717, 1.165) is 19.3 Å². The number of sulfone groups is 1. The lowest BCUT2D eigenvalue weighted by Gasteiger charge is -2.30. The molecule has 0 aliphatic heterocycles. The second-order valence-corrected chi connectivity index (χ2v) is 7.53. The smallest absolute Gasteiger partial charge is 0.224 e. The summed E-state index contributed by atoms with van der Waals surface area (Å²) in [7, 11) is -3.43. The number of nitriles is 1. The molecule has 0 aromatic carbocycles. The van der Waals surface area contributed by atoms with Crippen LogP contribution in [0.2, 0.25) is 0 Å². The van der Waals surface area contributed by atoms with Crippen molar-refractivity contribution in [2.45, 2.75) is 30.6 Å². The molecule has 1 aliphatic carbocycles. The number of rotatable bonds is 5. The lowest BCUT2D eigenvalue weighted by molar-refractivity contribution is -0.127. The second kappa shape index (κ2) is 7.36. The Balaban J connectivity index is 2.12. The predicted octanol–water partition coefficient (Wildman–Crippen LogP) is 1.30. The SMILES string of the molecule is N#CCNC(=O)[C@@H]1CCCC[C@H]1CS(=O)(=O)c1ccncc1. The number of hydrogen-bond acceptors (Lipinski definition) is 5. The number of nitrogens with zero attached hydrogens (tertiary/aromatic N) is 2. The first-order chi connectivity index (χ1) is 10.5. The van der Waals surface area contributed by atoms with E-state index < -0.39 is 9.84 Å². The summed E-state index contributed by atoms with van der Waals surface area (Å²) in [5.41, 5.74) is 0. The molecule has 1 fully saturated rings. The minimum atomic E-state index is -3.43. The quantitative estimate of drug-likeness (QED) is 0.824. The van der Waals surface area contributed by atoms with E-state index in [1.54, 1.807) is 0 Å². The fourth-order valence-electron chi connectivity index (χ4n) is 2.93. The van der Waals surface area contributed by atoms with Crippen LogP contribution < -0.4 is 5.32 Å². The molecule has 0 bridgehead atoms. The van der Waals surface area contributed by atoms with Crippen LogP contribution in [-0.4, -0.2) is 31.6 Å². The Bertz CT molecular complexity index is 652. The first-order valence-corrected chi connectivity index (χ1v) is 8.97. The monoisotopic (exact) mass is 321 g/mol. The van der Waals surface area contributed by atoms with E-state index in [4.69, 9.17) is 5.26 Å². The van der Waals surface area contributed by atoms with Gasteiger partial charge in [0.25, 0.3) is 0 Å². The molecule has 22 heavy (non-hydrogen) atoms. The summed E-state index contributed by atoms with van der Waals surface area (Å²) >= 11 is 0.